The Morgan fingerprint density at radius 3 is 2.80 bits per heavy atom. The second kappa shape index (κ2) is 5.71. The fourth-order valence-corrected chi connectivity index (χ4v) is 2.83. The Bertz CT molecular complexity index is 644. The molecule has 4 nitrogen and oxygen atoms in total. The van der Waals surface area contributed by atoms with E-state index in [2.05, 4.69) is 32.0 Å². The summed E-state index contributed by atoms with van der Waals surface area (Å²) in [7, 11) is 0. The second-order valence-corrected chi connectivity index (χ2v) is 5.71. The van der Waals surface area contributed by atoms with Crippen molar-refractivity contribution < 1.29 is 9.53 Å². The minimum atomic E-state index is 0.271. The van der Waals surface area contributed by atoms with Crippen LogP contribution in [0.4, 0.5) is 0 Å². The molecule has 20 heavy (non-hydrogen) atoms. The van der Waals surface area contributed by atoms with Gasteiger partial charge in [0.05, 0.1) is 0 Å². The summed E-state index contributed by atoms with van der Waals surface area (Å²) in [5.74, 6) is 1.04. The standard InChI is InChI=1S/C15H13BrN2O2/c16-12-3-11-1-2-13(19)5-14(11)15(4-12)20-8-10-6-17-9-18-7-10/h3-4,6-7,9H,1-2,5,8H2. The molecule has 0 atom stereocenters. The van der Waals surface area contributed by atoms with Gasteiger partial charge in [-0.15, -0.1) is 0 Å². The number of nitrogens with zero attached hydrogens (tertiary/aromatic N) is 2. The summed E-state index contributed by atoms with van der Waals surface area (Å²) in [5, 5.41) is 0. The molecule has 0 bridgehead atoms. The van der Waals surface area contributed by atoms with Crippen molar-refractivity contribution in [3.05, 3.63) is 52.0 Å². The number of ketones is 1. The first kappa shape index (κ1) is 13.2. The van der Waals surface area contributed by atoms with Gasteiger partial charge in [0.2, 0.25) is 0 Å². The van der Waals surface area contributed by atoms with Gasteiger partial charge in [0.25, 0.3) is 0 Å². The van der Waals surface area contributed by atoms with Crippen LogP contribution >= 0.6 is 15.9 Å². The van der Waals surface area contributed by atoms with Gasteiger partial charge in [0, 0.05) is 40.8 Å². The molecule has 1 aromatic heterocycles. The summed E-state index contributed by atoms with van der Waals surface area (Å²) >= 11 is 3.49. The molecule has 3 rings (SSSR count). The third-order valence-electron chi connectivity index (χ3n) is 3.32. The van der Waals surface area contributed by atoms with E-state index in [1.54, 1.807) is 12.4 Å². The molecular formula is C15H13BrN2O2. The Balaban J connectivity index is 1.85. The van der Waals surface area contributed by atoms with Crippen LogP contribution in [-0.4, -0.2) is 15.8 Å². The largest absolute Gasteiger partial charge is 0.488 e. The van der Waals surface area contributed by atoms with Gasteiger partial charge >= 0.3 is 0 Å². The summed E-state index contributed by atoms with van der Waals surface area (Å²) in [6, 6.07) is 3.99. The van der Waals surface area contributed by atoms with E-state index in [1.165, 1.54) is 11.9 Å². The Kier molecular flexibility index (Phi) is 3.78. The van der Waals surface area contributed by atoms with E-state index in [0.717, 1.165) is 27.8 Å². The Morgan fingerprint density at radius 1 is 1.20 bits per heavy atom. The average molecular weight is 333 g/mol. The van der Waals surface area contributed by atoms with Crippen molar-refractivity contribution in [2.24, 2.45) is 0 Å². The van der Waals surface area contributed by atoms with Crippen molar-refractivity contribution in [3.8, 4) is 5.75 Å². The van der Waals surface area contributed by atoms with Gasteiger partial charge in [-0.3, -0.25) is 4.79 Å². The Hall–Kier alpha value is -1.75. The maximum Gasteiger partial charge on any atom is 0.137 e. The molecule has 102 valence electrons. The highest BCUT2D eigenvalue weighted by Crippen LogP contribution is 2.32. The Morgan fingerprint density at radius 2 is 2.00 bits per heavy atom. The highest BCUT2D eigenvalue weighted by atomic mass is 79.9. The van der Waals surface area contributed by atoms with Crippen LogP contribution in [0.1, 0.15) is 23.1 Å². The van der Waals surface area contributed by atoms with Crippen LogP contribution in [0.15, 0.2) is 35.3 Å². The second-order valence-electron chi connectivity index (χ2n) is 4.79. The van der Waals surface area contributed by atoms with E-state index in [4.69, 9.17) is 4.74 Å². The Labute approximate surface area is 125 Å². The third-order valence-corrected chi connectivity index (χ3v) is 3.78. The van der Waals surface area contributed by atoms with Crippen LogP contribution in [0, 0.1) is 0 Å². The fourth-order valence-electron chi connectivity index (χ4n) is 2.34. The maximum absolute atomic E-state index is 11.6. The minimum absolute atomic E-state index is 0.271. The van der Waals surface area contributed by atoms with Crippen molar-refractivity contribution in [2.45, 2.75) is 25.9 Å². The van der Waals surface area contributed by atoms with E-state index in [1.807, 2.05) is 6.07 Å². The zero-order valence-corrected chi connectivity index (χ0v) is 12.4. The lowest BCUT2D eigenvalue weighted by Crippen LogP contribution is -2.15. The number of hydrogen-bond donors (Lipinski definition) is 0. The van der Waals surface area contributed by atoms with E-state index < -0.39 is 0 Å². The first-order valence-electron chi connectivity index (χ1n) is 6.42. The minimum Gasteiger partial charge on any atom is -0.488 e. The van der Waals surface area contributed by atoms with Gasteiger partial charge in [-0.25, -0.2) is 9.97 Å². The lowest BCUT2D eigenvalue weighted by Gasteiger charge is -2.19. The maximum atomic E-state index is 11.6. The molecule has 0 saturated heterocycles. The predicted octanol–water partition coefficient (Wildman–Crippen LogP) is 2.88. The van der Waals surface area contributed by atoms with Crippen LogP contribution in [0.25, 0.3) is 0 Å². The molecule has 0 N–H and O–H groups in total. The van der Waals surface area contributed by atoms with Gasteiger partial charge in [-0.1, -0.05) is 15.9 Å². The zero-order valence-electron chi connectivity index (χ0n) is 10.8. The number of halogens is 1. The number of hydrogen-bond acceptors (Lipinski definition) is 4. The number of fused-ring (bicyclic) bond motifs is 1. The van der Waals surface area contributed by atoms with Crippen LogP contribution in [0.5, 0.6) is 5.75 Å². The molecule has 1 aliphatic rings. The molecule has 1 heterocycles. The molecule has 2 aromatic rings. The number of rotatable bonds is 3. The van der Waals surface area contributed by atoms with E-state index in [0.29, 0.717) is 19.4 Å². The van der Waals surface area contributed by atoms with Gasteiger partial charge in [0.15, 0.2) is 0 Å². The number of benzene rings is 1. The van der Waals surface area contributed by atoms with Crippen molar-refractivity contribution in [3.63, 3.8) is 0 Å². The SMILES string of the molecule is O=C1CCc2cc(Br)cc(OCc3cncnc3)c2C1. The highest BCUT2D eigenvalue weighted by molar-refractivity contribution is 9.10. The molecule has 5 heteroatoms. The molecule has 1 aromatic carbocycles. The number of carbonyl (C=O) groups excluding carboxylic acids is 1. The summed E-state index contributed by atoms with van der Waals surface area (Å²) < 4.78 is 6.83. The molecule has 0 fully saturated rings. The molecule has 0 radical (unpaired) electrons. The zero-order chi connectivity index (χ0) is 13.9. The van der Waals surface area contributed by atoms with Crippen molar-refractivity contribution in [1.29, 1.82) is 0 Å². The van der Waals surface area contributed by atoms with Crippen LogP contribution in [0.3, 0.4) is 0 Å². The molecule has 0 aliphatic heterocycles. The van der Waals surface area contributed by atoms with Crippen molar-refractivity contribution in [1.82, 2.24) is 9.97 Å². The van der Waals surface area contributed by atoms with Gasteiger partial charge in [-0.05, 0) is 24.1 Å². The molecule has 0 saturated carbocycles. The van der Waals surface area contributed by atoms with E-state index in [9.17, 15) is 4.79 Å². The van der Waals surface area contributed by atoms with Gasteiger partial charge in [-0.2, -0.15) is 0 Å². The molecule has 0 unspecified atom stereocenters. The highest BCUT2D eigenvalue weighted by Gasteiger charge is 2.20. The van der Waals surface area contributed by atoms with E-state index >= 15 is 0 Å². The van der Waals surface area contributed by atoms with Gasteiger partial charge < -0.3 is 4.74 Å². The number of aryl methyl sites for hydroxylation is 1. The summed E-state index contributed by atoms with van der Waals surface area (Å²) in [6.45, 7) is 0.401. The number of ether oxygens (including phenoxy) is 1. The van der Waals surface area contributed by atoms with Crippen LogP contribution in [0.2, 0.25) is 0 Å². The first-order chi connectivity index (χ1) is 9.72. The lowest BCUT2D eigenvalue weighted by molar-refractivity contribution is -0.118. The van der Waals surface area contributed by atoms with Crippen molar-refractivity contribution in [2.75, 3.05) is 0 Å². The number of Topliss-reactive ketones (excluding diaryl/α,β-unsaturated/α-hetero) is 1. The van der Waals surface area contributed by atoms with Gasteiger partial charge in [0.1, 0.15) is 24.5 Å². The van der Waals surface area contributed by atoms with Crippen molar-refractivity contribution >= 4 is 21.7 Å². The quantitative estimate of drug-likeness (QED) is 0.867. The van der Waals surface area contributed by atoms with Crippen LogP contribution in [-0.2, 0) is 24.2 Å². The summed E-state index contributed by atoms with van der Waals surface area (Å²) in [6.07, 6.45) is 6.81. The average Bonchev–Trinajstić information content (AvgIpc) is 2.46. The molecule has 0 spiro atoms. The predicted molar refractivity (Wildman–Crippen MR) is 77.5 cm³/mol. The smallest absolute Gasteiger partial charge is 0.137 e. The summed E-state index contributed by atoms with van der Waals surface area (Å²) in [4.78, 5) is 19.6. The number of carbonyl (C=O) groups is 1. The monoisotopic (exact) mass is 332 g/mol. The van der Waals surface area contributed by atoms with Crippen LogP contribution < -0.4 is 4.74 Å². The first-order valence-corrected chi connectivity index (χ1v) is 7.21. The normalized spacial score (nSPS) is 13.9. The molecule has 0 amide bonds. The fraction of sp³-hybridized carbons (Fsp3) is 0.267. The topological polar surface area (TPSA) is 52.1 Å². The summed E-state index contributed by atoms with van der Waals surface area (Å²) in [5.41, 5.74) is 3.11. The lowest BCUT2D eigenvalue weighted by atomic mass is 9.90. The molecule has 1 aliphatic carbocycles. The van der Waals surface area contributed by atoms with E-state index in [-0.39, 0.29) is 5.78 Å². The molecular weight excluding hydrogens is 320 g/mol. The third kappa shape index (κ3) is 2.88. The number of aromatic nitrogens is 2.